The molecular weight excluding hydrogens is 196 g/mol. The van der Waals surface area contributed by atoms with Crippen LogP contribution in [0.2, 0.25) is 0 Å². The monoisotopic (exact) mass is 216 g/mol. The predicted molar refractivity (Wildman–Crippen MR) is 56.2 cm³/mol. The molecule has 0 spiro atoms. The van der Waals surface area contributed by atoms with E-state index in [0.717, 1.165) is 6.42 Å². The number of carbonyl (C=O) groups excluding carboxylic acids is 1. The second kappa shape index (κ2) is 5.44. The Hall–Kier alpha value is -0.650. The van der Waals surface area contributed by atoms with Gasteiger partial charge < -0.3 is 20.9 Å². The van der Waals surface area contributed by atoms with Gasteiger partial charge in [0, 0.05) is 19.2 Å². The Morgan fingerprint density at radius 3 is 2.93 bits per heavy atom. The molecule has 5 nitrogen and oxygen atoms in total. The van der Waals surface area contributed by atoms with Crippen molar-refractivity contribution in [3.05, 3.63) is 0 Å². The molecule has 1 aliphatic rings. The van der Waals surface area contributed by atoms with E-state index in [1.807, 2.05) is 6.92 Å². The zero-order valence-corrected chi connectivity index (χ0v) is 9.16. The van der Waals surface area contributed by atoms with Crippen molar-refractivity contribution in [3.8, 4) is 0 Å². The number of amides is 1. The number of rotatable bonds is 5. The Labute approximate surface area is 90.0 Å². The number of nitrogens with one attached hydrogen (secondary N) is 1. The Bertz CT molecular complexity index is 223. The predicted octanol–water partition coefficient (Wildman–Crippen LogP) is -0.761. The van der Waals surface area contributed by atoms with E-state index in [1.54, 1.807) is 0 Å². The zero-order chi connectivity index (χ0) is 11.3. The molecule has 1 rings (SSSR count). The highest BCUT2D eigenvalue weighted by atomic mass is 16.5. The quantitative estimate of drug-likeness (QED) is 0.527. The van der Waals surface area contributed by atoms with Gasteiger partial charge in [0.15, 0.2) is 0 Å². The summed E-state index contributed by atoms with van der Waals surface area (Å²) < 4.78 is 5.20. The number of ether oxygens (including phenoxy) is 1. The van der Waals surface area contributed by atoms with Gasteiger partial charge in [-0.2, -0.15) is 0 Å². The van der Waals surface area contributed by atoms with Crippen molar-refractivity contribution in [2.24, 2.45) is 11.1 Å². The van der Waals surface area contributed by atoms with Crippen LogP contribution in [-0.2, 0) is 9.53 Å². The molecule has 0 aliphatic carbocycles. The highest BCUT2D eigenvalue weighted by Crippen LogP contribution is 2.26. The van der Waals surface area contributed by atoms with Crippen molar-refractivity contribution in [2.45, 2.75) is 25.8 Å². The third kappa shape index (κ3) is 2.90. The van der Waals surface area contributed by atoms with Gasteiger partial charge in [0.2, 0.25) is 5.91 Å². The molecule has 5 heteroatoms. The lowest BCUT2D eigenvalue weighted by Gasteiger charge is -2.25. The number of hydrogen-bond donors (Lipinski definition) is 3. The van der Waals surface area contributed by atoms with Crippen LogP contribution in [0.4, 0.5) is 0 Å². The average Bonchev–Trinajstić information content (AvgIpc) is 2.55. The second-order valence-electron chi connectivity index (χ2n) is 4.23. The smallest absolute Gasteiger partial charge is 0.229 e. The molecular formula is C10H20N2O3. The molecule has 2 unspecified atom stereocenters. The maximum Gasteiger partial charge on any atom is 0.229 e. The first-order valence-electron chi connectivity index (χ1n) is 5.34. The number of hydrogen-bond acceptors (Lipinski definition) is 4. The molecule has 1 fully saturated rings. The van der Waals surface area contributed by atoms with Crippen LogP contribution < -0.4 is 11.1 Å². The summed E-state index contributed by atoms with van der Waals surface area (Å²) in [6.45, 7) is 3.41. The molecule has 0 aromatic carbocycles. The van der Waals surface area contributed by atoms with E-state index in [-0.39, 0.29) is 18.6 Å². The van der Waals surface area contributed by atoms with E-state index < -0.39 is 5.41 Å². The molecule has 2 atom stereocenters. The van der Waals surface area contributed by atoms with Gasteiger partial charge >= 0.3 is 0 Å². The molecule has 0 radical (unpaired) electrons. The number of nitrogens with two attached hydrogens (primary N) is 1. The lowest BCUT2D eigenvalue weighted by Crippen LogP contribution is -2.50. The van der Waals surface area contributed by atoms with Crippen molar-refractivity contribution in [1.29, 1.82) is 0 Å². The number of carbonyl (C=O) groups is 1. The second-order valence-corrected chi connectivity index (χ2v) is 4.23. The number of aliphatic hydroxyl groups is 1. The lowest BCUT2D eigenvalue weighted by molar-refractivity contribution is -0.130. The van der Waals surface area contributed by atoms with E-state index in [9.17, 15) is 4.79 Å². The van der Waals surface area contributed by atoms with Crippen molar-refractivity contribution < 1.29 is 14.6 Å². The highest BCUT2D eigenvalue weighted by molar-refractivity contribution is 5.83. The van der Waals surface area contributed by atoms with Gasteiger partial charge in [0.1, 0.15) is 0 Å². The minimum Gasteiger partial charge on any atom is -0.396 e. The topological polar surface area (TPSA) is 84.6 Å². The van der Waals surface area contributed by atoms with Gasteiger partial charge in [-0.3, -0.25) is 4.79 Å². The fourth-order valence-electron chi connectivity index (χ4n) is 1.56. The fraction of sp³-hybridized carbons (Fsp3) is 0.900. The minimum atomic E-state index is -0.598. The van der Waals surface area contributed by atoms with Crippen molar-refractivity contribution in [3.63, 3.8) is 0 Å². The van der Waals surface area contributed by atoms with Crippen molar-refractivity contribution >= 4 is 5.91 Å². The van der Waals surface area contributed by atoms with Crippen LogP contribution in [0, 0.1) is 5.41 Å². The average molecular weight is 216 g/mol. The van der Waals surface area contributed by atoms with Gasteiger partial charge in [-0.15, -0.1) is 0 Å². The summed E-state index contributed by atoms with van der Waals surface area (Å²) in [6, 6.07) is -0.227. The summed E-state index contributed by atoms with van der Waals surface area (Å²) in [5, 5.41) is 11.4. The Kier molecular flexibility index (Phi) is 4.50. The molecule has 4 N–H and O–H groups in total. The van der Waals surface area contributed by atoms with E-state index in [4.69, 9.17) is 15.6 Å². The van der Waals surface area contributed by atoms with Crippen LogP contribution in [-0.4, -0.2) is 43.4 Å². The Balaban J connectivity index is 2.32. The van der Waals surface area contributed by atoms with Crippen molar-refractivity contribution in [1.82, 2.24) is 5.32 Å². The molecule has 0 bridgehead atoms. The summed E-state index contributed by atoms with van der Waals surface area (Å²) in [5.74, 6) is -0.0505. The molecule has 88 valence electrons. The minimum absolute atomic E-state index is 0.0505. The van der Waals surface area contributed by atoms with Crippen LogP contribution in [0.25, 0.3) is 0 Å². The molecule has 1 aliphatic heterocycles. The van der Waals surface area contributed by atoms with E-state index >= 15 is 0 Å². The van der Waals surface area contributed by atoms with Crippen LogP contribution in [0.1, 0.15) is 19.8 Å². The fourth-order valence-corrected chi connectivity index (χ4v) is 1.56. The number of aliphatic hydroxyl groups excluding tert-OH is 1. The van der Waals surface area contributed by atoms with Crippen LogP contribution in [0.5, 0.6) is 0 Å². The largest absolute Gasteiger partial charge is 0.396 e. The third-order valence-electron chi connectivity index (χ3n) is 2.91. The van der Waals surface area contributed by atoms with Gasteiger partial charge in [-0.25, -0.2) is 0 Å². The molecule has 0 aromatic heterocycles. The maximum absolute atomic E-state index is 11.8. The Morgan fingerprint density at radius 2 is 2.40 bits per heavy atom. The zero-order valence-electron chi connectivity index (χ0n) is 9.16. The first kappa shape index (κ1) is 12.4. The molecule has 0 saturated carbocycles. The summed E-state index contributed by atoms with van der Waals surface area (Å²) in [6.07, 6.45) is 1.49. The molecule has 0 aromatic rings. The lowest BCUT2D eigenvalue weighted by atomic mass is 9.85. The van der Waals surface area contributed by atoms with Crippen LogP contribution in [0.15, 0.2) is 0 Å². The normalized spacial score (nSPS) is 30.5. The van der Waals surface area contributed by atoms with E-state index in [0.29, 0.717) is 26.2 Å². The third-order valence-corrected chi connectivity index (χ3v) is 2.91. The molecule has 1 amide bonds. The highest BCUT2D eigenvalue weighted by Gasteiger charge is 2.43. The summed E-state index contributed by atoms with van der Waals surface area (Å²) >= 11 is 0. The SMILES string of the molecule is CC1(C(=O)NCCCCO)COCC1N. The van der Waals surface area contributed by atoms with Crippen LogP contribution >= 0.6 is 0 Å². The van der Waals surface area contributed by atoms with Gasteiger partial charge in [0.25, 0.3) is 0 Å². The molecule has 15 heavy (non-hydrogen) atoms. The van der Waals surface area contributed by atoms with Gasteiger partial charge in [-0.05, 0) is 19.8 Å². The maximum atomic E-state index is 11.8. The Morgan fingerprint density at radius 1 is 1.67 bits per heavy atom. The first-order valence-corrected chi connectivity index (χ1v) is 5.34. The van der Waals surface area contributed by atoms with E-state index in [1.165, 1.54) is 0 Å². The van der Waals surface area contributed by atoms with Gasteiger partial charge in [-0.1, -0.05) is 0 Å². The van der Waals surface area contributed by atoms with Crippen LogP contribution in [0.3, 0.4) is 0 Å². The molecule has 1 heterocycles. The van der Waals surface area contributed by atoms with E-state index in [2.05, 4.69) is 5.32 Å². The standard InChI is InChI=1S/C10H20N2O3/c1-10(7-15-6-8(10)11)9(14)12-4-2-3-5-13/h8,13H,2-7,11H2,1H3,(H,12,14). The molecule has 1 saturated heterocycles. The summed E-state index contributed by atoms with van der Waals surface area (Å²) in [4.78, 5) is 11.8. The summed E-state index contributed by atoms with van der Waals surface area (Å²) in [5.41, 5.74) is 5.22. The van der Waals surface area contributed by atoms with Crippen molar-refractivity contribution in [2.75, 3.05) is 26.4 Å². The van der Waals surface area contributed by atoms with Gasteiger partial charge in [0.05, 0.1) is 18.6 Å². The first-order chi connectivity index (χ1) is 7.11. The summed E-state index contributed by atoms with van der Waals surface area (Å²) in [7, 11) is 0. The number of unbranched alkanes of at least 4 members (excludes halogenated alkanes) is 1.